The molecule has 1 N–H and O–H groups in total. The highest BCUT2D eigenvalue weighted by Gasteiger charge is 2.55. The number of amides is 1. The second-order valence-corrected chi connectivity index (χ2v) is 7.55. The van der Waals surface area contributed by atoms with Gasteiger partial charge in [0, 0.05) is 19.0 Å². The van der Waals surface area contributed by atoms with Crippen LogP contribution in [0, 0.1) is 11.3 Å². The normalized spacial score (nSPS) is 23.2. The number of ether oxygens (including phenoxy) is 2. The molecule has 1 fully saturated rings. The number of hydrogen-bond donors (Lipinski definition) is 1. The van der Waals surface area contributed by atoms with Crippen molar-refractivity contribution in [2.75, 3.05) is 26.8 Å². The molecule has 1 amide bonds. The predicted octanol–water partition coefficient (Wildman–Crippen LogP) is 2.40. The zero-order valence-corrected chi connectivity index (χ0v) is 15.8. The monoisotopic (exact) mass is 381 g/mol. The first kappa shape index (κ1) is 18.3. The predicted molar refractivity (Wildman–Crippen MR) is 102 cm³/mol. The van der Waals surface area contributed by atoms with E-state index in [1.807, 2.05) is 48.5 Å². The topological polar surface area (TPSA) is 76.1 Å². The van der Waals surface area contributed by atoms with Crippen LogP contribution in [0.25, 0.3) is 0 Å². The molecule has 0 radical (unpaired) electrons. The van der Waals surface area contributed by atoms with Gasteiger partial charge in [-0.3, -0.25) is 9.59 Å². The number of carboxylic acids is 1. The quantitative estimate of drug-likeness (QED) is 0.880. The number of benzene rings is 2. The van der Waals surface area contributed by atoms with Crippen LogP contribution in [0.15, 0.2) is 48.5 Å². The maximum absolute atomic E-state index is 12.9. The van der Waals surface area contributed by atoms with Crippen molar-refractivity contribution in [1.29, 1.82) is 0 Å². The highest BCUT2D eigenvalue weighted by atomic mass is 16.5. The fourth-order valence-corrected chi connectivity index (χ4v) is 4.25. The minimum atomic E-state index is -1.01. The van der Waals surface area contributed by atoms with Gasteiger partial charge < -0.3 is 19.5 Å². The summed E-state index contributed by atoms with van der Waals surface area (Å²) in [6, 6.07) is 14.9. The van der Waals surface area contributed by atoms with Crippen molar-refractivity contribution in [1.82, 2.24) is 4.90 Å². The van der Waals surface area contributed by atoms with Crippen LogP contribution in [0.3, 0.4) is 0 Å². The van der Waals surface area contributed by atoms with E-state index in [1.54, 1.807) is 12.0 Å². The number of nitrogens with zero attached hydrogens (tertiary/aromatic N) is 1. The third kappa shape index (κ3) is 3.19. The van der Waals surface area contributed by atoms with Crippen molar-refractivity contribution in [2.45, 2.75) is 12.8 Å². The van der Waals surface area contributed by atoms with E-state index < -0.39 is 11.4 Å². The highest BCUT2D eigenvalue weighted by molar-refractivity contribution is 5.83. The van der Waals surface area contributed by atoms with Gasteiger partial charge in [-0.15, -0.1) is 0 Å². The molecule has 0 aliphatic carbocycles. The number of likely N-dealkylation sites (tertiary alicyclic amines) is 1. The molecular weight excluding hydrogens is 358 g/mol. The van der Waals surface area contributed by atoms with Crippen molar-refractivity contribution < 1.29 is 24.2 Å². The lowest BCUT2D eigenvalue weighted by Gasteiger charge is -2.27. The van der Waals surface area contributed by atoms with Crippen molar-refractivity contribution in [3.05, 3.63) is 59.7 Å². The molecule has 6 nitrogen and oxygen atoms in total. The Morgan fingerprint density at radius 2 is 1.96 bits per heavy atom. The highest BCUT2D eigenvalue weighted by Crippen LogP contribution is 2.44. The van der Waals surface area contributed by atoms with Crippen LogP contribution < -0.4 is 9.47 Å². The van der Waals surface area contributed by atoms with Crippen molar-refractivity contribution in [3.63, 3.8) is 0 Å². The minimum absolute atomic E-state index is 0.0628. The van der Waals surface area contributed by atoms with E-state index in [0.29, 0.717) is 19.6 Å². The van der Waals surface area contributed by atoms with Crippen LogP contribution in [0.2, 0.25) is 0 Å². The zero-order valence-electron chi connectivity index (χ0n) is 15.8. The van der Waals surface area contributed by atoms with Crippen LogP contribution in [0.1, 0.15) is 11.1 Å². The number of aliphatic carboxylic acids is 1. The number of carboxylic acid groups (broad SMARTS) is 1. The molecule has 0 bridgehead atoms. The third-order valence-corrected chi connectivity index (χ3v) is 5.91. The zero-order chi connectivity index (χ0) is 19.7. The van der Waals surface area contributed by atoms with Gasteiger partial charge in [-0.1, -0.05) is 30.3 Å². The fraction of sp³-hybridized carbons (Fsp3) is 0.364. The summed E-state index contributed by atoms with van der Waals surface area (Å²) < 4.78 is 11.0. The molecule has 28 heavy (non-hydrogen) atoms. The van der Waals surface area contributed by atoms with Crippen molar-refractivity contribution in [3.8, 4) is 11.5 Å². The summed E-state index contributed by atoms with van der Waals surface area (Å²) in [6.45, 7) is 0.907. The van der Waals surface area contributed by atoms with Crippen LogP contribution >= 0.6 is 0 Å². The van der Waals surface area contributed by atoms with Gasteiger partial charge in [-0.05, 0) is 35.7 Å². The molecule has 6 heteroatoms. The van der Waals surface area contributed by atoms with Crippen LogP contribution in [0.5, 0.6) is 11.5 Å². The van der Waals surface area contributed by atoms with Gasteiger partial charge in [0.1, 0.15) is 11.5 Å². The van der Waals surface area contributed by atoms with E-state index in [9.17, 15) is 14.7 Å². The summed E-state index contributed by atoms with van der Waals surface area (Å²) in [5, 5.41) is 10.1. The van der Waals surface area contributed by atoms with Crippen LogP contribution in [-0.2, 0) is 22.4 Å². The molecule has 2 aromatic rings. The molecule has 0 aromatic heterocycles. The second-order valence-electron chi connectivity index (χ2n) is 7.55. The molecule has 2 aliphatic rings. The summed E-state index contributed by atoms with van der Waals surface area (Å²) in [5.41, 5.74) is 0.753. The first-order chi connectivity index (χ1) is 13.5. The minimum Gasteiger partial charge on any atom is -0.497 e. The van der Waals surface area contributed by atoms with Gasteiger partial charge in [-0.25, -0.2) is 0 Å². The standard InChI is InChI=1S/C22H23NO5/c1-27-18-8-6-15(7-9-18)10-20(24)23-12-17-13-28-19-5-3-2-4-16(19)11-22(17,14-23)21(25)26/h2-9,17H,10-14H2,1H3,(H,25,26)/t17-,22+/m0/s1. The first-order valence-corrected chi connectivity index (χ1v) is 9.36. The molecule has 2 atom stereocenters. The number of rotatable bonds is 4. The molecule has 0 saturated carbocycles. The summed E-state index contributed by atoms with van der Waals surface area (Å²) in [6.07, 6.45) is 0.610. The van der Waals surface area contributed by atoms with E-state index in [2.05, 4.69) is 0 Å². The number of methoxy groups -OCH3 is 1. The number of carbonyl (C=O) groups excluding carboxylic acids is 1. The Morgan fingerprint density at radius 3 is 2.68 bits per heavy atom. The van der Waals surface area contributed by atoms with Gasteiger partial charge in [0.05, 0.1) is 25.6 Å². The Hall–Kier alpha value is -3.02. The Morgan fingerprint density at radius 1 is 1.21 bits per heavy atom. The first-order valence-electron chi connectivity index (χ1n) is 9.36. The van der Waals surface area contributed by atoms with E-state index in [-0.39, 0.29) is 24.8 Å². The molecule has 4 rings (SSSR count). The molecule has 0 unspecified atom stereocenters. The van der Waals surface area contributed by atoms with Crippen LogP contribution in [-0.4, -0.2) is 48.7 Å². The van der Waals surface area contributed by atoms with E-state index in [4.69, 9.17) is 9.47 Å². The summed E-state index contributed by atoms with van der Waals surface area (Å²) >= 11 is 0. The largest absolute Gasteiger partial charge is 0.497 e. The van der Waals surface area contributed by atoms with Gasteiger partial charge >= 0.3 is 5.97 Å². The average molecular weight is 381 g/mol. The average Bonchev–Trinajstić information content (AvgIpc) is 3.00. The van der Waals surface area contributed by atoms with Crippen LogP contribution in [0.4, 0.5) is 0 Å². The lowest BCUT2D eigenvalue weighted by molar-refractivity contribution is -0.151. The van der Waals surface area contributed by atoms with Crippen molar-refractivity contribution >= 4 is 11.9 Å². The number of fused-ring (bicyclic) bond motifs is 2. The molecule has 2 aromatic carbocycles. The molecule has 2 heterocycles. The lowest BCUT2D eigenvalue weighted by Crippen LogP contribution is -2.42. The second kappa shape index (κ2) is 7.19. The Balaban J connectivity index is 1.54. The summed E-state index contributed by atoms with van der Waals surface area (Å²) in [7, 11) is 1.60. The maximum Gasteiger partial charge on any atom is 0.312 e. The molecular formula is C22H23NO5. The van der Waals surface area contributed by atoms with Gasteiger partial charge in [-0.2, -0.15) is 0 Å². The Bertz CT molecular complexity index is 894. The lowest BCUT2D eigenvalue weighted by atomic mass is 9.74. The Labute approximate surface area is 163 Å². The van der Waals surface area contributed by atoms with E-state index in [1.165, 1.54) is 0 Å². The molecule has 0 spiro atoms. The fourth-order valence-electron chi connectivity index (χ4n) is 4.25. The number of carbonyl (C=O) groups is 2. The number of hydrogen-bond acceptors (Lipinski definition) is 4. The third-order valence-electron chi connectivity index (χ3n) is 5.91. The maximum atomic E-state index is 12.9. The summed E-state index contributed by atoms with van der Waals surface area (Å²) in [5.74, 6) is 0.316. The number of para-hydroxylation sites is 1. The van der Waals surface area contributed by atoms with Gasteiger partial charge in [0.25, 0.3) is 0 Å². The molecule has 146 valence electrons. The van der Waals surface area contributed by atoms with E-state index in [0.717, 1.165) is 22.6 Å². The SMILES string of the molecule is COc1ccc(CC(=O)N2C[C@H]3COc4ccccc4C[C@@]3(C(=O)O)C2)cc1. The molecule has 2 aliphatic heterocycles. The smallest absolute Gasteiger partial charge is 0.312 e. The van der Waals surface area contributed by atoms with Crippen molar-refractivity contribution in [2.24, 2.45) is 11.3 Å². The Kier molecular flexibility index (Phi) is 4.71. The van der Waals surface area contributed by atoms with Gasteiger partial charge in [0.15, 0.2) is 0 Å². The summed E-state index contributed by atoms with van der Waals surface area (Å²) in [4.78, 5) is 26.9. The molecule has 1 saturated heterocycles. The van der Waals surface area contributed by atoms with Gasteiger partial charge in [0.2, 0.25) is 5.91 Å². The van der Waals surface area contributed by atoms with E-state index >= 15 is 0 Å².